The molecule has 8 nitrogen and oxygen atoms in total. The van der Waals surface area contributed by atoms with E-state index in [0.29, 0.717) is 27.9 Å². The number of aromatic nitrogens is 2. The largest absolute Gasteiger partial charge is 0.497 e. The third-order valence-corrected chi connectivity index (χ3v) is 6.71. The van der Waals surface area contributed by atoms with Crippen molar-refractivity contribution >= 4 is 29.0 Å². The molecule has 2 aromatic carbocycles. The lowest BCUT2D eigenvalue weighted by atomic mass is 10.00. The summed E-state index contributed by atoms with van der Waals surface area (Å²) in [5.74, 6) is 0.901. The number of anilines is 1. The smallest absolute Gasteiger partial charge is 0.339 e. The number of carbonyl (C=O) groups is 1. The lowest BCUT2D eigenvalue weighted by Gasteiger charge is -2.30. The lowest BCUT2D eigenvalue weighted by Crippen LogP contribution is -2.30. The summed E-state index contributed by atoms with van der Waals surface area (Å²) in [6.45, 7) is 0. The fourth-order valence-corrected chi connectivity index (χ4v) is 5.06. The molecule has 0 saturated carbocycles. The number of thiocarbonyl (C=S) groups is 1. The van der Waals surface area contributed by atoms with Crippen LogP contribution < -0.4 is 19.7 Å². The van der Waals surface area contributed by atoms with Crippen LogP contribution in [-0.4, -0.2) is 42.0 Å². The van der Waals surface area contributed by atoms with Crippen molar-refractivity contribution in [2.45, 2.75) is 12.1 Å². The van der Waals surface area contributed by atoms with Crippen LogP contribution in [-0.2, 0) is 4.74 Å². The number of hydrogen-bond acceptors (Lipinski definition) is 6. The molecule has 0 amide bonds. The van der Waals surface area contributed by atoms with Crippen LogP contribution in [0.15, 0.2) is 85.2 Å². The van der Waals surface area contributed by atoms with Gasteiger partial charge in [0.15, 0.2) is 5.11 Å². The van der Waals surface area contributed by atoms with E-state index in [1.807, 2.05) is 82.4 Å². The Morgan fingerprint density at radius 2 is 1.76 bits per heavy atom. The number of esters is 1. The van der Waals surface area contributed by atoms with Gasteiger partial charge in [0.05, 0.1) is 50.0 Å². The van der Waals surface area contributed by atoms with Crippen LogP contribution in [0, 0.1) is 0 Å². The molecule has 1 aliphatic rings. The van der Waals surface area contributed by atoms with Gasteiger partial charge >= 0.3 is 5.97 Å². The number of pyridine rings is 1. The first kappa shape index (κ1) is 24.3. The van der Waals surface area contributed by atoms with Crippen LogP contribution in [0.5, 0.6) is 11.5 Å². The van der Waals surface area contributed by atoms with Crippen LogP contribution in [0.4, 0.5) is 5.69 Å². The van der Waals surface area contributed by atoms with Gasteiger partial charge in [0.1, 0.15) is 17.5 Å². The van der Waals surface area contributed by atoms with Gasteiger partial charge in [-0.2, -0.15) is 0 Å². The van der Waals surface area contributed by atoms with Crippen LogP contribution >= 0.6 is 12.2 Å². The minimum absolute atomic E-state index is 0.288. The molecule has 1 N–H and O–H groups in total. The van der Waals surface area contributed by atoms with Crippen molar-refractivity contribution in [1.82, 2.24) is 14.9 Å². The van der Waals surface area contributed by atoms with E-state index >= 15 is 0 Å². The number of nitrogens with one attached hydrogen (secondary N) is 1. The highest BCUT2D eigenvalue weighted by molar-refractivity contribution is 7.80. The van der Waals surface area contributed by atoms with E-state index < -0.39 is 5.97 Å². The van der Waals surface area contributed by atoms with Gasteiger partial charge in [0, 0.05) is 24.2 Å². The maximum absolute atomic E-state index is 12.6. The van der Waals surface area contributed by atoms with Crippen molar-refractivity contribution in [2.24, 2.45) is 0 Å². The van der Waals surface area contributed by atoms with E-state index in [0.717, 1.165) is 17.1 Å². The quantitative estimate of drug-likeness (QED) is 0.277. The van der Waals surface area contributed by atoms with Crippen molar-refractivity contribution in [3.63, 3.8) is 0 Å². The number of hydrogen-bond donors (Lipinski definition) is 1. The van der Waals surface area contributed by atoms with Gasteiger partial charge in [-0.25, -0.2) is 4.79 Å². The molecule has 1 aliphatic heterocycles. The maximum Gasteiger partial charge on any atom is 0.339 e. The molecule has 0 radical (unpaired) electrons. The molecular formula is C28H26N4O4S. The second kappa shape index (κ2) is 10.3. The fourth-order valence-electron chi connectivity index (χ4n) is 4.72. The summed E-state index contributed by atoms with van der Waals surface area (Å²) in [5.41, 5.74) is 3.62. The summed E-state index contributed by atoms with van der Waals surface area (Å²) in [5, 5.41) is 3.98. The van der Waals surface area contributed by atoms with Gasteiger partial charge in [0.25, 0.3) is 0 Å². The molecule has 2 atom stereocenters. The third kappa shape index (κ3) is 4.38. The zero-order valence-corrected chi connectivity index (χ0v) is 21.4. The molecule has 9 heteroatoms. The molecule has 5 rings (SSSR count). The summed E-state index contributed by atoms with van der Waals surface area (Å²) in [6.07, 6.45) is 3.69. The van der Waals surface area contributed by atoms with E-state index in [9.17, 15) is 4.79 Å². The molecule has 37 heavy (non-hydrogen) atoms. The Balaban J connectivity index is 1.72. The van der Waals surface area contributed by atoms with Gasteiger partial charge < -0.3 is 29.0 Å². The molecular weight excluding hydrogens is 488 g/mol. The SMILES string of the molecule is COC(=O)c1ccccc1-n1cccc1[C@@H]1[C@@H](c2ccccn2)NC(=S)N1c1cc(OC)ccc1OC. The molecule has 1 fully saturated rings. The van der Waals surface area contributed by atoms with Gasteiger partial charge in [0.2, 0.25) is 0 Å². The lowest BCUT2D eigenvalue weighted by molar-refractivity contribution is 0.0600. The van der Waals surface area contributed by atoms with E-state index in [1.165, 1.54) is 7.11 Å². The first-order chi connectivity index (χ1) is 18.1. The van der Waals surface area contributed by atoms with Crippen LogP contribution in [0.25, 0.3) is 5.69 Å². The van der Waals surface area contributed by atoms with E-state index in [4.69, 9.17) is 26.4 Å². The molecule has 3 heterocycles. The minimum atomic E-state index is -0.414. The monoisotopic (exact) mass is 514 g/mol. The van der Waals surface area contributed by atoms with Gasteiger partial charge in [-0.3, -0.25) is 4.98 Å². The summed E-state index contributed by atoms with van der Waals surface area (Å²) in [6, 6.07) is 22.1. The Labute approximate surface area is 220 Å². The number of para-hydroxylation sites is 1. The molecule has 4 aromatic rings. The topological polar surface area (TPSA) is 77.9 Å². The summed E-state index contributed by atoms with van der Waals surface area (Å²) in [4.78, 5) is 19.3. The second-order valence-corrected chi connectivity index (χ2v) is 8.73. The zero-order valence-electron chi connectivity index (χ0n) is 20.6. The summed E-state index contributed by atoms with van der Waals surface area (Å²) in [7, 11) is 4.62. The predicted molar refractivity (Wildman–Crippen MR) is 145 cm³/mol. The van der Waals surface area contributed by atoms with Crippen molar-refractivity contribution < 1.29 is 19.0 Å². The van der Waals surface area contributed by atoms with Gasteiger partial charge in [-0.15, -0.1) is 0 Å². The average molecular weight is 515 g/mol. The van der Waals surface area contributed by atoms with E-state index in [1.54, 1.807) is 26.5 Å². The van der Waals surface area contributed by atoms with E-state index in [-0.39, 0.29) is 12.1 Å². The van der Waals surface area contributed by atoms with Crippen LogP contribution in [0.2, 0.25) is 0 Å². The fraction of sp³-hybridized carbons (Fsp3) is 0.179. The van der Waals surface area contributed by atoms with Crippen molar-refractivity contribution in [1.29, 1.82) is 0 Å². The second-order valence-electron chi connectivity index (χ2n) is 8.35. The van der Waals surface area contributed by atoms with Crippen LogP contribution in [0.1, 0.15) is 33.8 Å². The van der Waals surface area contributed by atoms with Crippen molar-refractivity contribution in [3.8, 4) is 17.2 Å². The van der Waals surface area contributed by atoms with Crippen molar-refractivity contribution in [3.05, 3.63) is 102 Å². The number of rotatable bonds is 7. The van der Waals surface area contributed by atoms with E-state index in [2.05, 4.69) is 10.3 Å². The highest BCUT2D eigenvalue weighted by Crippen LogP contribution is 2.46. The number of methoxy groups -OCH3 is 3. The minimum Gasteiger partial charge on any atom is -0.497 e. The first-order valence-electron chi connectivity index (χ1n) is 11.6. The molecule has 0 unspecified atom stereocenters. The molecule has 0 bridgehead atoms. The Kier molecular flexibility index (Phi) is 6.78. The normalized spacial score (nSPS) is 16.8. The molecule has 2 aromatic heterocycles. The predicted octanol–water partition coefficient (Wildman–Crippen LogP) is 4.85. The number of nitrogens with zero attached hydrogens (tertiary/aromatic N) is 3. The number of benzene rings is 2. The Morgan fingerprint density at radius 1 is 0.946 bits per heavy atom. The highest BCUT2D eigenvalue weighted by Gasteiger charge is 2.43. The van der Waals surface area contributed by atoms with Gasteiger partial charge in [-0.05, 0) is 60.7 Å². The highest BCUT2D eigenvalue weighted by atomic mass is 32.1. The molecule has 0 aliphatic carbocycles. The molecule has 1 saturated heterocycles. The summed E-state index contributed by atoms with van der Waals surface area (Å²) >= 11 is 5.89. The maximum atomic E-state index is 12.6. The molecule has 0 spiro atoms. The molecule has 188 valence electrons. The van der Waals surface area contributed by atoms with Crippen molar-refractivity contribution in [2.75, 3.05) is 26.2 Å². The zero-order chi connectivity index (χ0) is 25.9. The number of ether oxygens (including phenoxy) is 3. The average Bonchev–Trinajstić information content (AvgIpc) is 3.56. The summed E-state index contributed by atoms with van der Waals surface area (Å²) < 4.78 is 18.3. The Hall–Kier alpha value is -4.37. The Morgan fingerprint density at radius 3 is 2.49 bits per heavy atom. The number of carbonyl (C=O) groups excluding carboxylic acids is 1. The Bertz CT molecular complexity index is 1440. The standard InChI is InChI=1S/C28H26N4O4S/c1-34-18-13-14-24(35-2)23(17-18)32-26(25(30-28(32)37)20-10-6-7-15-29-20)22-12-8-16-31(22)21-11-5-4-9-19(21)27(33)36-3/h4-17,25-26H,1-3H3,(H,30,37)/t25-,26-/m1/s1. The third-order valence-electron chi connectivity index (χ3n) is 6.40. The van der Waals surface area contributed by atoms with Crippen LogP contribution in [0.3, 0.4) is 0 Å². The first-order valence-corrected chi connectivity index (χ1v) is 12.1. The van der Waals surface area contributed by atoms with Gasteiger partial charge in [-0.1, -0.05) is 18.2 Å².